The lowest BCUT2D eigenvalue weighted by Crippen LogP contribution is -2.41. The number of anilines is 1. The summed E-state index contributed by atoms with van der Waals surface area (Å²) in [5.74, 6) is -0.165. The van der Waals surface area contributed by atoms with Crippen LogP contribution in [0.5, 0.6) is 0 Å². The van der Waals surface area contributed by atoms with Crippen molar-refractivity contribution in [2.45, 2.75) is 25.9 Å². The molecule has 3 rings (SSSR count). The molecule has 0 fully saturated rings. The molecule has 0 radical (unpaired) electrons. The highest BCUT2D eigenvalue weighted by atomic mass is 16.2. The largest absolute Gasteiger partial charge is 0.328 e. The van der Waals surface area contributed by atoms with Crippen LogP contribution in [0.4, 0.5) is 5.69 Å². The van der Waals surface area contributed by atoms with Crippen molar-refractivity contribution < 1.29 is 4.79 Å². The van der Waals surface area contributed by atoms with Crippen molar-refractivity contribution in [3.63, 3.8) is 0 Å². The van der Waals surface area contributed by atoms with Crippen LogP contribution in [-0.2, 0) is 17.8 Å². The molecule has 6 nitrogen and oxygen atoms in total. The Morgan fingerprint density at radius 3 is 2.81 bits per heavy atom. The van der Waals surface area contributed by atoms with Crippen molar-refractivity contribution in [3.05, 3.63) is 62.9 Å². The van der Waals surface area contributed by atoms with Crippen molar-refractivity contribution in [2.24, 2.45) is 0 Å². The molecule has 6 heteroatoms. The monoisotopic (exact) mass is 285 g/mol. The molecule has 0 spiro atoms. The minimum Gasteiger partial charge on any atom is -0.307 e. The molecule has 0 unspecified atom stereocenters. The Morgan fingerprint density at radius 1 is 1.29 bits per heavy atom. The van der Waals surface area contributed by atoms with Crippen molar-refractivity contribution in [1.29, 1.82) is 0 Å². The molecule has 0 aliphatic carbocycles. The van der Waals surface area contributed by atoms with E-state index >= 15 is 0 Å². The molecule has 1 aromatic heterocycles. The van der Waals surface area contributed by atoms with Crippen LogP contribution in [-0.4, -0.2) is 21.5 Å². The number of H-pyrrole nitrogens is 1. The van der Waals surface area contributed by atoms with E-state index in [1.54, 1.807) is 4.90 Å². The minimum atomic E-state index is -0.573. The van der Waals surface area contributed by atoms with E-state index in [9.17, 15) is 14.4 Å². The Morgan fingerprint density at radius 2 is 2.05 bits per heavy atom. The normalized spacial score (nSPS) is 16.8. The van der Waals surface area contributed by atoms with Gasteiger partial charge >= 0.3 is 5.69 Å². The third kappa shape index (κ3) is 2.40. The first-order chi connectivity index (χ1) is 10.1. The predicted molar refractivity (Wildman–Crippen MR) is 78.4 cm³/mol. The number of fused-ring (bicyclic) bond motifs is 1. The van der Waals surface area contributed by atoms with Gasteiger partial charge in [0, 0.05) is 24.0 Å². The summed E-state index contributed by atoms with van der Waals surface area (Å²) in [4.78, 5) is 39.1. The quantitative estimate of drug-likeness (QED) is 0.873. The first-order valence-corrected chi connectivity index (χ1v) is 6.76. The number of nitrogens with one attached hydrogen (secondary N) is 1. The van der Waals surface area contributed by atoms with Crippen LogP contribution in [0.2, 0.25) is 0 Å². The predicted octanol–water partition coefficient (Wildman–Crippen LogP) is 0.514. The van der Waals surface area contributed by atoms with Crippen LogP contribution in [0.25, 0.3) is 0 Å². The molecule has 1 amide bonds. The number of aromatic nitrogens is 2. The van der Waals surface area contributed by atoms with Crippen LogP contribution in [0.1, 0.15) is 12.5 Å². The summed E-state index contributed by atoms with van der Waals surface area (Å²) in [5.41, 5.74) is 0.985. The first-order valence-electron chi connectivity index (χ1n) is 6.76. The lowest BCUT2D eigenvalue weighted by atomic mass is 10.1. The van der Waals surface area contributed by atoms with E-state index in [1.807, 2.05) is 31.2 Å². The van der Waals surface area contributed by atoms with Gasteiger partial charge in [-0.15, -0.1) is 0 Å². The number of amides is 1. The van der Waals surface area contributed by atoms with Crippen molar-refractivity contribution in [3.8, 4) is 0 Å². The Kier molecular flexibility index (Phi) is 3.21. The average Bonchev–Trinajstić information content (AvgIpc) is 2.77. The van der Waals surface area contributed by atoms with E-state index in [-0.39, 0.29) is 18.5 Å². The molecule has 1 aliphatic heterocycles. The van der Waals surface area contributed by atoms with Gasteiger partial charge < -0.3 is 4.90 Å². The Bertz CT molecular complexity index is 806. The number of hydrogen-bond acceptors (Lipinski definition) is 3. The van der Waals surface area contributed by atoms with Crippen LogP contribution in [0.15, 0.2) is 46.1 Å². The second kappa shape index (κ2) is 5.05. The summed E-state index contributed by atoms with van der Waals surface area (Å²) < 4.78 is 1.21. The zero-order chi connectivity index (χ0) is 15.0. The topological polar surface area (TPSA) is 75.2 Å². The Labute approximate surface area is 120 Å². The zero-order valence-electron chi connectivity index (χ0n) is 11.6. The van der Waals surface area contributed by atoms with E-state index < -0.39 is 11.2 Å². The summed E-state index contributed by atoms with van der Waals surface area (Å²) in [7, 11) is 0. The molecule has 108 valence electrons. The van der Waals surface area contributed by atoms with Gasteiger partial charge in [0.2, 0.25) is 5.91 Å². The summed E-state index contributed by atoms with van der Waals surface area (Å²) in [6, 6.07) is 9.05. The van der Waals surface area contributed by atoms with Gasteiger partial charge in [0.15, 0.2) is 0 Å². The van der Waals surface area contributed by atoms with Gasteiger partial charge in [0.25, 0.3) is 5.56 Å². The average molecular weight is 285 g/mol. The van der Waals surface area contributed by atoms with E-state index in [2.05, 4.69) is 4.98 Å². The number of nitrogens with zero attached hydrogens (tertiary/aromatic N) is 2. The highest BCUT2D eigenvalue weighted by Crippen LogP contribution is 2.31. The minimum absolute atomic E-state index is 0.0633. The van der Waals surface area contributed by atoms with Crippen molar-refractivity contribution >= 4 is 11.6 Å². The number of benzene rings is 1. The number of carbonyl (C=O) groups is 1. The van der Waals surface area contributed by atoms with E-state index in [1.165, 1.54) is 16.8 Å². The fourth-order valence-corrected chi connectivity index (χ4v) is 2.74. The van der Waals surface area contributed by atoms with Gasteiger partial charge in [-0.05, 0) is 25.0 Å². The summed E-state index contributed by atoms with van der Waals surface area (Å²) >= 11 is 0. The first kappa shape index (κ1) is 13.4. The summed E-state index contributed by atoms with van der Waals surface area (Å²) in [5, 5.41) is 0. The van der Waals surface area contributed by atoms with Crippen molar-refractivity contribution in [2.75, 3.05) is 4.90 Å². The van der Waals surface area contributed by atoms with Gasteiger partial charge in [0.1, 0.15) is 6.54 Å². The number of aromatic amines is 1. The standard InChI is InChI=1S/C15H15N3O3/c1-10-8-11-4-2-3-5-12(11)18(10)14(20)9-17-7-6-13(19)16-15(17)21/h2-7,10H,8-9H2,1H3,(H,16,19,21)/t10-/m0/s1. The second-order valence-electron chi connectivity index (χ2n) is 5.18. The fourth-order valence-electron chi connectivity index (χ4n) is 2.74. The maximum absolute atomic E-state index is 12.5. The SMILES string of the molecule is C[C@H]1Cc2ccccc2N1C(=O)Cn1ccc(=O)[nH]c1=O. The molecule has 1 atom stereocenters. The van der Waals surface area contributed by atoms with Gasteiger partial charge in [-0.3, -0.25) is 19.1 Å². The van der Waals surface area contributed by atoms with E-state index in [0.717, 1.165) is 17.7 Å². The molecule has 0 saturated heterocycles. The van der Waals surface area contributed by atoms with Gasteiger partial charge in [-0.25, -0.2) is 4.79 Å². The summed E-state index contributed by atoms with van der Waals surface area (Å²) in [6.07, 6.45) is 2.15. The number of rotatable bonds is 2. The molecule has 21 heavy (non-hydrogen) atoms. The maximum atomic E-state index is 12.5. The molecule has 1 aromatic carbocycles. The number of para-hydroxylation sites is 1. The van der Waals surface area contributed by atoms with E-state index in [0.29, 0.717) is 0 Å². The molecule has 2 aromatic rings. The van der Waals surface area contributed by atoms with Crippen LogP contribution < -0.4 is 16.1 Å². The van der Waals surface area contributed by atoms with Crippen molar-refractivity contribution in [1.82, 2.24) is 9.55 Å². The molecule has 2 heterocycles. The summed E-state index contributed by atoms with van der Waals surface area (Å²) in [6.45, 7) is 1.89. The molecule has 0 bridgehead atoms. The lowest BCUT2D eigenvalue weighted by Gasteiger charge is -2.23. The van der Waals surface area contributed by atoms with Gasteiger partial charge in [0.05, 0.1) is 0 Å². The zero-order valence-corrected chi connectivity index (χ0v) is 11.6. The molecule has 1 N–H and O–H groups in total. The third-order valence-corrected chi connectivity index (χ3v) is 3.68. The Hall–Kier alpha value is -2.63. The van der Waals surface area contributed by atoms with Crippen LogP contribution >= 0.6 is 0 Å². The fraction of sp³-hybridized carbons (Fsp3) is 0.267. The third-order valence-electron chi connectivity index (χ3n) is 3.68. The van der Waals surface area contributed by atoms with Crippen LogP contribution in [0, 0.1) is 0 Å². The number of carbonyl (C=O) groups excluding carboxylic acids is 1. The Balaban J connectivity index is 1.89. The maximum Gasteiger partial charge on any atom is 0.328 e. The molecule has 1 aliphatic rings. The molecular formula is C15H15N3O3. The number of hydrogen-bond donors (Lipinski definition) is 1. The molecule has 0 saturated carbocycles. The second-order valence-corrected chi connectivity index (χ2v) is 5.18. The highest BCUT2D eigenvalue weighted by molar-refractivity contribution is 5.96. The lowest BCUT2D eigenvalue weighted by molar-refractivity contribution is -0.119. The van der Waals surface area contributed by atoms with Crippen LogP contribution in [0.3, 0.4) is 0 Å². The molecular weight excluding hydrogens is 270 g/mol. The van der Waals surface area contributed by atoms with E-state index in [4.69, 9.17) is 0 Å². The smallest absolute Gasteiger partial charge is 0.307 e. The highest BCUT2D eigenvalue weighted by Gasteiger charge is 2.30. The van der Waals surface area contributed by atoms with Gasteiger partial charge in [-0.1, -0.05) is 18.2 Å². The van der Waals surface area contributed by atoms with Gasteiger partial charge in [-0.2, -0.15) is 0 Å².